The van der Waals surface area contributed by atoms with E-state index >= 15 is 0 Å². The molecule has 0 fully saturated rings. The number of nitrogens with one attached hydrogen (secondary N) is 4. The number of carbonyl (C=O) groups excluding carboxylic acids is 2. The van der Waals surface area contributed by atoms with Gasteiger partial charge in [-0.2, -0.15) is 0 Å². The van der Waals surface area contributed by atoms with E-state index < -0.39 is 5.91 Å². The maximum Gasteiger partial charge on any atom is 0.243 e. The quantitative estimate of drug-likeness (QED) is 0.181. The fourth-order valence-corrected chi connectivity index (χ4v) is 3.63. The van der Waals surface area contributed by atoms with Crippen molar-refractivity contribution in [3.8, 4) is 11.3 Å². The van der Waals surface area contributed by atoms with Crippen LogP contribution in [0.3, 0.4) is 0 Å². The normalized spacial score (nSPS) is 10.7. The summed E-state index contributed by atoms with van der Waals surface area (Å²) < 4.78 is 0. The van der Waals surface area contributed by atoms with E-state index in [1.54, 1.807) is 5.48 Å². The van der Waals surface area contributed by atoms with Crippen LogP contribution in [0.4, 0.5) is 11.5 Å². The van der Waals surface area contributed by atoms with E-state index in [4.69, 9.17) is 5.21 Å². The average Bonchev–Trinajstić information content (AvgIpc) is 3.30. The molecule has 9 nitrogen and oxygen atoms in total. The minimum absolute atomic E-state index is 0.0925. The summed E-state index contributed by atoms with van der Waals surface area (Å²) in [6, 6.07) is 19.8. The molecule has 0 bridgehead atoms. The molecule has 2 amide bonds. The molecular weight excluding hydrogens is 432 g/mol. The van der Waals surface area contributed by atoms with Gasteiger partial charge in [-0.05, 0) is 42.2 Å². The Labute approximate surface area is 196 Å². The number of nitrogens with zero attached hydrogens (tertiary/aromatic N) is 2. The summed E-state index contributed by atoms with van der Waals surface area (Å²) in [5, 5.41) is 15.6. The van der Waals surface area contributed by atoms with Crippen LogP contribution in [0.2, 0.25) is 0 Å². The van der Waals surface area contributed by atoms with E-state index in [2.05, 4.69) is 37.7 Å². The molecule has 2 aromatic heterocycles. The highest BCUT2D eigenvalue weighted by atomic mass is 16.5. The molecule has 0 aliphatic heterocycles. The van der Waals surface area contributed by atoms with Gasteiger partial charge in [-0.15, -0.1) is 0 Å². The number of carbonyl (C=O) groups is 2. The first-order chi connectivity index (χ1) is 16.6. The highest BCUT2D eigenvalue weighted by Crippen LogP contribution is 2.27. The van der Waals surface area contributed by atoms with E-state index in [0.717, 1.165) is 41.1 Å². The lowest BCUT2D eigenvalue weighted by atomic mass is 10.1. The Morgan fingerprint density at radius 1 is 0.941 bits per heavy atom. The molecule has 174 valence electrons. The molecule has 0 unspecified atom stereocenters. The third kappa shape index (κ3) is 5.96. The fraction of sp³-hybridized carbons (Fsp3) is 0.200. The van der Waals surface area contributed by atoms with Gasteiger partial charge in [0.25, 0.3) is 0 Å². The summed E-state index contributed by atoms with van der Waals surface area (Å²) in [6.07, 6.45) is 3.07. The number of benzene rings is 2. The van der Waals surface area contributed by atoms with Gasteiger partial charge in [-0.1, -0.05) is 42.5 Å². The van der Waals surface area contributed by atoms with Crippen LogP contribution < -0.4 is 16.1 Å². The highest BCUT2D eigenvalue weighted by molar-refractivity contribution is 5.93. The van der Waals surface area contributed by atoms with Crippen molar-refractivity contribution < 1.29 is 14.8 Å². The van der Waals surface area contributed by atoms with Crippen LogP contribution in [-0.4, -0.2) is 38.5 Å². The van der Waals surface area contributed by atoms with Crippen LogP contribution in [0, 0.1) is 0 Å². The van der Waals surface area contributed by atoms with Gasteiger partial charge in [0.2, 0.25) is 11.8 Å². The molecule has 0 aliphatic carbocycles. The Morgan fingerprint density at radius 3 is 2.47 bits per heavy atom. The second-order valence-electron chi connectivity index (χ2n) is 7.84. The van der Waals surface area contributed by atoms with Crippen molar-refractivity contribution in [2.75, 3.05) is 17.2 Å². The first-order valence-corrected chi connectivity index (χ1v) is 11.1. The van der Waals surface area contributed by atoms with Gasteiger partial charge in [-0.3, -0.25) is 14.8 Å². The molecule has 2 aromatic carbocycles. The molecule has 0 spiro atoms. The monoisotopic (exact) mass is 458 g/mol. The topological polar surface area (TPSA) is 132 Å². The standard InChI is InChI=1S/C25H26N6O3/c32-22(7-4-8-23(33)31-34)29-19-11-9-18(10-12-19)21-15-20-24(27-16-28-25(20)30-21)26-14-13-17-5-2-1-3-6-17/h1-3,5-6,9-12,15-16,34H,4,7-8,13-14H2,(H,29,32)(H,31,33)(H2,26,27,28,30). The van der Waals surface area contributed by atoms with E-state index in [1.165, 1.54) is 11.9 Å². The van der Waals surface area contributed by atoms with Crippen LogP contribution in [0.15, 0.2) is 67.0 Å². The molecule has 0 saturated carbocycles. The number of H-pyrrole nitrogens is 1. The zero-order valence-electron chi connectivity index (χ0n) is 18.5. The summed E-state index contributed by atoms with van der Waals surface area (Å²) in [4.78, 5) is 35.1. The summed E-state index contributed by atoms with van der Waals surface area (Å²) in [7, 11) is 0. The molecule has 34 heavy (non-hydrogen) atoms. The maximum absolute atomic E-state index is 12.0. The first kappa shape index (κ1) is 22.9. The molecular formula is C25H26N6O3. The Kier molecular flexibility index (Phi) is 7.46. The average molecular weight is 459 g/mol. The largest absolute Gasteiger partial charge is 0.369 e. The molecule has 2 heterocycles. The number of aromatic amines is 1. The number of hydrogen-bond donors (Lipinski definition) is 5. The maximum atomic E-state index is 12.0. The fourth-order valence-electron chi connectivity index (χ4n) is 3.63. The predicted octanol–water partition coefficient (Wildman–Crippen LogP) is 3.89. The van der Waals surface area contributed by atoms with Crippen LogP contribution in [0.5, 0.6) is 0 Å². The van der Waals surface area contributed by atoms with Gasteiger partial charge in [0.15, 0.2) is 0 Å². The molecule has 0 saturated heterocycles. The van der Waals surface area contributed by atoms with Crippen molar-refractivity contribution in [3.63, 3.8) is 0 Å². The third-order valence-corrected chi connectivity index (χ3v) is 5.39. The second-order valence-corrected chi connectivity index (χ2v) is 7.84. The zero-order valence-corrected chi connectivity index (χ0v) is 18.5. The highest BCUT2D eigenvalue weighted by Gasteiger charge is 2.10. The number of rotatable bonds is 10. The Balaban J connectivity index is 1.38. The predicted molar refractivity (Wildman–Crippen MR) is 130 cm³/mol. The lowest BCUT2D eigenvalue weighted by Crippen LogP contribution is -2.19. The van der Waals surface area contributed by atoms with E-state index in [9.17, 15) is 9.59 Å². The molecule has 4 aromatic rings. The summed E-state index contributed by atoms with van der Waals surface area (Å²) in [5.41, 5.74) is 6.08. The summed E-state index contributed by atoms with van der Waals surface area (Å²) >= 11 is 0. The summed E-state index contributed by atoms with van der Waals surface area (Å²) in [6.45, 7) is 0.760. The number of amides is 2. The number of aromatic nitrogens is 3. The van der Waals surface area contributed by atoms with Gasteiger partial charge in [0.1, 0.15) is 17.8 Å². The molecule has 5 N–H and O–H groups in total. The van der Waals surface area contributed by atoms with Gasteiger partial charge >= 0.3 is 0 Å². The minimum atomic E-state index is -0.505. The molecule has 9 heteroatoms. The minimum Gasteiger partial charge on any atom is -0.369 e. The van der Waals surface area contributed by atoms with Crippen LogP contribution >= 0.6 is 0 Å². The van der Waals surface area contributed by atoms with E-state index in [-0.39, 0.29) is 18.7 Å². The molecule has 0 atom stereocenters. The lowest BCUT2D eigenvalue weighted by Gasteiger charge is -2.06. The number of anilines is 2. The van der Waals surface area contributed by atoms with Crippen molar-refractivity contribution in [1.29, 1.82) is 0 Å². The number of fused-ring (bicyclic) bond motifs is 1. The van der Waals surface area contributed by atoms with Gasteiger partial charge in [0, 0.05) is 30.8 Å². The Morgan fingerprint density at radius 2 is 1.71 bits per heavy atom. The molecule has 0 radical (unpaired) electrons. The van der Waals surface area contributed by atoms with Crippen LogP contribution in [0.1, 0.15) is 24.8 Å². The Hall–Kier alpha value is -4.24. The van der Waals surface area contributed by atoms with E-state index in [1.807, 2.05) is 48.5 Å². The van der Waals surface area contributed by atoms with Gasteiger partial charge in [0.05, 0.1) is 5.39 Å². The SMILES string of the molecule is O=C(CCCC(=O)Nc1ccc(-c2cc3c(NCCc4ccccc4)ncnc3[nH]2)cc1)NO. The molecule has 0 aliphatic rings. The smallest absolute Gasteiger partial charge is 0.243 e. The molecule has 4 rings (SSSR count). The number of hydroxylamine groups is 1. The van der Waals surface area contributed by atoms with Crippen molar-refractivity contribution in [3.05, 3.63) is 72.6 Å². The lowest BCUT2D eigenvalue weighted by molar-refractivity contribution is -0.129. The van der Waals surface area contributed by atoms with Gasteiger partial charge < -0.3 is 15.6 Å². The zero-order chi connectivity index (χ0) is 23.8. The number of hydrogen-bond acceptors (Lipinski definition) is 6. The van der Waals surface area contributed by atoms with Gasteiger partial charge in [-0.25, -0.2) is 15.4 Å². The van der Waals surface area contributed by atoms with E-state index in [0.29, 0.717) is 12.1 Å². The second kappa shape index (κ2) is 11.1. The van der Waals surface area contributed by atoms with Crippen molar-refractivity contribution in [2.45, 2.75) is 25.7 Å². The Bertz CT molecular complexity index is 1250. The van der Waals surface area contributed by atoms with Crippen molar-refractivity contribution >= 4 is 34.4 Å². The first-order valence-electron chi connectivity index (χ1n) is 11.1. The van der Waals surface area contributed by atoms with Crippen molar-refractivity contribution in [1.82, 2.24) is 20.4 Å². The van der Waals surface area contributed by atoms with Crippen LogP contribution in [0.25, 0.3) is 22.3 Å². The third-order valence-electron chi connectivity index (χ3n) is 5.39. The van der Waals surface area contributed by atoms with Crippen LogP contribution in [-0.2, 0) is 16.0 Å². The summed E-state index contributed by atoms with van der Waals surface area (Å²) in [5.74, 6) is 0.0857. The van der Waals surface area contributed by atoms with Crippen molar-refractivity contribution in [2.24, 2.45) is 0 Å².